The number of aryl methyl sites for hydroxylation is 2. The predicted octanol–water partition coefficient (Wildman–Crippen LogP) is 0.826. The number of carboxylic acid groups (broad SMARTS) is 1. The van der Waals surface area contributed by atoms with Gasteiger partial charge in [0.15, 0.2) is 5.69 Å². The summed E-state index contributed by atoms with van der Waals surface area (Å²) in [6.45, 7) is 3.01. The summed E-state index contributed by atoms with van der Waals surface area (Å²) in [6.07, 6.45) is 5.07. The zero-order valence-corrected chi connectivity index (χ0v) is 11.0. The highest BCUT2D eigenvalue weighted by atomic mass is 16.4. The largest absolute Gasteiger partial charge is 0.476 e. The highest BCUT2D eigenvalue weighted by Crippen LogP contribution is 2.05. The van der Waals surface area contributed by atoms with Crippen molar-refractivity contribution < 1.29 is 14.7 Å². The molecule has 2 heterocycles. The highest BCUT2D eigenvalue weighted by Gasteiger charge is 2.08. The molecular formula is C12H15N5O3. The van der Waals surface area contributed by atoms with Gasteiger partial charge in [-0.25, -0.2) is 4.79 Å². The maximum atomic E-state index is 11.7. The topological polar surface area (TPSA) is 102 Å². The summed E-state index contributed by atoms with van der Waals surface area (Å²) in [4.78, 5) is 22.4. The van der Waals surface area contributed by atoms with Crippen molar-refractivity contribution in [2.45, 2.75) is 26.4 Å². The van der Waals surface area contributed by atoms with Crippen LogP contribution in [0.1, 0.15) is 23.8 Å². The third kappa shape index (κ3) is 3.44. The van der Waals surface area contributed by atoms with Gasteiger partial charge in [-0.1, -0.05) is 0 Å². The number of hydrogen-bond acceptors (Lipinski definition) is 4. The Kier molecular flexibility index (Phi) is 4.14. The molecule has 20 heavy (non-hydrogen) atoms. The van der Waals surface area contributed by atoms with Crippen LogP contribution in [0.4, 0.5) is 5.69 Å². The molecule has 0 saturated heterocycles. The van der Waals surface area contributed by atoms with Gasteiger partial charge in [0, 0.05) is 31.9 Å². The molecule has 2 aromatic rings. The molecule has 0 fully saturated rings. The van der Waals surface area contributed by atoms with Crippen molar-refractivity contribution in [3.8, 4) is 0 Å². The molecule has 0 aliphatic heterocycles. The van der Waals surface area contributed by atoms with Crippen LogP contribution in [0.15, 0.2) is 24.7 Å². The first-order valence-electron chi connectivity index (χ1n) is 6.17. The number of aromatic carboxylic acids is 1. The number of anilines is 1. The molecule has 0 spiro atoms. The minimum atomic E-state index is -1.08. The van der Waals surface area contributed by atoms with Gasteiger partial charge in [0.25, 0.3) is 0 Å². The SMILES string of the molecule is CCn1cc(NC(=O)CCn2ccc(C(=O)O)n2)cn1. The Hall–Kier alpha value is -2.64. The van der Waals surface area contributed by atoms with Gasteiger partial charge in [0.2, 0.25) is 5.91 Å². The average Bonchev–Trinajstić information content (AvgIpc) is 3.05. The Labute approximate surface area is 115 Å². The lowest BCUT2D eigenvalue weighted by atomic mass is 10.4. The van der Waals surface area contributed by atoms with Crippen LogP contribution < -0.4 is 5.32 Å². The number of amides is 1. The van der Waals surface area contributed by atoms with Crippen LogP contribution in [0, 0.1) is 0 Å². The molecule has 0 atom stereocenters. The molecule has 2 rings (SSSR count). The predicted molar refractivity (Wildman–Crippen MR) is 70.3 cm³/mol. The molecule has 2 N–H and O–H groups in total. The number of rotatable bonds is 6. The molecule has 0 aliphatic carbocycles. The summed E-state index contributed by atoms with van der Waals surface area (Å²) in [6, 6.07) is 1.39. The number of carbonyl (C=O) groups excluding carboxylic acids is 1. The van der Waals surface area contributed by atoms with Crippen LogP contribution in [0.25, 0.3) is 0 Å². The minimum Gasteiger partial charge on any atom is -0.476 e. The third-order valence-electron chi connectivity index (χ3n) is 2.67. The smallest absolute Gasteiger partial charge is 0.356 e. The van der Waals surface area contributed by atoms with E-state index in [4.69, 9.17) is 5.11 Å². The zero-order chi connectivity index (χ0) is 14.5. The summed E-state index contributed by atoms with van der Waals surface area (Å²) in [5, 5.41) is 19.3. The first-order chi connectivity index (χ1) is 9.58. The molecule has 0 saturated carbocycles. The zero-order valence-electron chi connectivity index (χ0n) is 11.0. The molecule has 0 unspecified atom stereocenters. The molecular weight excluding hydrogens is 262 g/mol. The number of carbonyl (C=O) groups is 2. The Morgan fingerprint density at radius 3 is 2.80 bits per heavy atom. The number of carboxylic acids is 1. The second kappa shape index (κ2) is 6.00. The monoisotopic (exact) mass is 277 g/mol. The molecule has 0 aliphatic rings. The fourth-order valence-corrected chi connectivity index (χ4v) is 1.64. The molecule has 8 heteroatoms. The van der Waals surface area contributed by atoms with E-state index in [0.29, 0.717) is 12.2 Å². The van der Waals surface area contributed by atoms with Crippen molar-refractivity contribution in [3.05, 3.63) is 30.4 Å². The summed E-state index contributed by atoms with van der Waals surface area (Å²) < 4.78 is 3.14. The standard InChI is InChI=1S/C12H15N5O3/c1-2-16-8-9(7-13-16)14-11(18)4-6-17-5-3-10(15-17)12(19)20/h3,5,7-8H,2,4,6H2,1H3,(H,14,18)(H,19,20). The normalized spacial score (nSPS) is 10.4. The Bertz CT molecular complexity index is 616. The van der Waals surface area contributed by atoms with Crippen molar-refractivity contribution in [2.24, 2.45) is 0 Å². The van der Waals surface area contributed by atoms with Crippen LogP contribution in [0.2, 0.25) is 0 Å². The molecule has 0 bridgehead atoms. The quantitative estimate of drug-likeness (QED) is 0.814. The fraction of sp³-hybridized carbons (Fsp3) is 0.333. The van der Waals surface area contributed by atoms with E-state index >= 15 is 0 Å². The van der Waals surface area contributed by atoms with Crippen molar-refractivity contribution >= 4 is 17.6 Å². The maximum Gasteiger partial charge on any atom is 0.356 e. The van der Waals surface area contributed by atoms with E-state index in [1.807, 2.05) is 6.92 Å². The molecule has 106 valence electrons. The van der Waals surface area contributed by atoms with Gasteiger partial charge in [-0.3, -0.25) is 14.2 Å². The lowest BCUT2D eigenvalue weighted by Crippen LogP contribution is -2.14. The van der Waals surface area contributed by atoms with E-state index in [1.54, 1.807) is 17.1 Å². The molecule has 1 amide bonds. The van der Waals surface area contributed by atoms with Crippen LogP contribution in [-0.2, 0) is 17.9 Å². The fourth-order valence-electron chi connectivity index (χ4n) is 1.64. The second-order valence-electron chi connectivity index (χ2n) is 4.15. The van der Waals surface area contributed by atoms with E-state index in [9.17, 15) is 9.59 Å². The van der Waals surface area contributed by atoms with Gasteiger partial charge in [-0.15, -0.1) is 0 Å². The van der Waals surface area contributed by atoms with Crippen LogP contribution in [0.3, 0.4) is 0 Å². The minimum absolute atomic E-state index is 0.0327. The average molecular weight is 277 g/mol. The molecule has 8 nitrogen and oxygen atoms in total. The van der Waals surface area contributed by atoms with E-state index in [0.717, 1.165) is 6.54 Å². The van der Waals surface area contributed by atoms with E-state index < -0.39 is 5.97 Å². The highest BCUT2D eigenvalue weighted by molar-refractivity contribution is 5.90. The number of nitrogens with one attached hydrogen (secondary N) is 1. The van der Waals surface area contributed by atoms with Gasteiger partial charge in [-0.2, -0.15) is 10.2 Å². The third-order valence-corrected chi connectivity index (χ3v) is 2.67. The Balaban J connectivity index is 1.83. The summed E-state index contributed by atoms with van der Waals surface area (Å²) >= 11 is 0. The van der Waals surface area contributed by atoms with Gasteiger partial charge in [-0.05, 0) is 13.0 Å². The summed E-state index contributed by atoms with van der Waals surface area (Å²) in [5.41, 5.74) is 0.609. The first kappa shape index (κ1) is 13.8. The maximum absolute atomic E-state index is 11.7. The van der Waals surface area contributed by atoms with E-state index in [-0.39, 0.29) is 18.0 Å². The number of nitrogens with zero attached hydrogens (tertiary/aromatic N) is 4. The Morgan fingerprint density at radius 1 is 1.40 bits per heavy atom. The molecule has 0 aromatic carbocycles. The Morgan fingerprint density at radius 2 is 2.20 bits per heavy atom. The van der Waals surface area contributed by atoms with Crippen LogP contribution >= 0.6 is 0 Å². The van der Waals surface area contributed by atoms with Gasteiger partial charge < -0.3 is 10.4 Å². The van der Waals surface area contributed by atoms with E-state index in [1.165, 1.54) is 16.9 Å². The van der Waals surface area contributed by atoms with Crippen molar-refractivity contribution in [3.63, 3.8) is 0 Å². The van der Waals surface area contributed by atoms with Gasteiger partial charge >= 0.3 is 5.97 Å². The molecule has 0 radical (unpaired) electrons. The first-order valence-corrected chi connectivity index (χ1v) is 6.17. The second-order valence-corrected chi connectivity index (χ2v) is 4.15. The molecule has 2 aromatic heterocycles. The van der Waals surface area contributed by atoms with Crippen LogP contribution in [0.5, 0.6) is 0 Å². The number of hydrogen-bond donors (Lipinski definition) is 2. The summed E-state index contributed by atoms with van der Waals surface area (Å²) in [5.74, 6) is -1.26. The lowest BCUT2D eigenvalue weighted by molar-refractivity contribution is -0.116. The van der Waals surface area contributed by atoms with Gasteiger partial charge in [0.1, 0.15) is 0 Å². The summed E-state index contributed by atoms with van der Waals surface area (Å²) in [7, 11) is 0. The lowest BCUT2D eigenvalue weighted by Gasteiger charge is -2.02. The van der Waals surface area contributed by atoms with Gasteiger partial charge in [0.05, 0.1) is 11.9 Å². The van der Waals surface area contributed by atoms with E-state index in [2.05, 4.69) is 15.5 Å². The van der Waals surface area contributed by atoms with Crippen molar-refractivity contribution in [1.82, 2.24) is 19.6 Å². The van der Waals surface area contributed by atoms with Crippen molar-refractivity contribution in [2.75, 3.05) is 5.32 Å². The van der Waals surface area contributed by atoms with Crippen molar-refractivity contribution in [1.29, 1.82) is 0 Å². The van der Waals surface area contributed by atoms with Crippen LogP contribution in [-0.4, -0.2) is 36.5 Å². The number of aromatic nitrogens is 4.